The van der Waals surface area contributed by atoms with E-state index in [9.17, 15) is 9.59 Å². The molecule has 272 valence electrons. The van der Waals surface area contributed by atoms with Crippen LogP contribution in [0.25, 0.3) is 0 Å². The molecule has 0 aromatic rings. The molecule has 0 radical (unpaired) electrons. The molecule has 0 rings (SSSR count). The number of carboxylic acid groups (broad SMARTS) is 2. The van der Waals surface area contributed by atoms with Crippen LogP contribution in [0.2, 0.25) is 0 Å². The molecule has 0 aromatic heterocycles. The van der Waals surface area contributed by atoms with Gasteiger partial charge in [-0.05, 0) is 70.1 Å². The number of hydrogen-bond acceptors (Lipinski definition) is 2. The summed E-state index contributed by atoms with van der Waals surface area (Å²) in [7, 11) is 0. The number of unbranched alkanes of at least 4 members (excludes halogenated alkanes) is 21. The second kappa shape index (κ2) is 41.4. The highest BCUT2D eigenvalue weighted by Gasteiger charge is 2.08. The van der Waals surface area contributed by atoms with Crippen molar-refractivity contribution in [3.63, 3.8) is 0 Å². The van der Waals surface area contributed by atoms with Crippen LogP contribution in [-0.4, -0.2) is 22.2 Å². The highest BCUT2D eigenvalue weighted by atomic mass is 16.4. The molecule has 0 heterocycles. The fourth-order valence-corrected chi connectivity index (χ4v) is 5.96. The number of carboxylic acids is 2. The Kier molecular flexibility index (Phi) is 41.9. The Bertz CT molecular complexity index is 669. The van der Waals surface area contributed by atoms with Crippen molar-refractivity contribution in [1.82, 2.24) is 0 Å². The zero-order valence-corrected chi connectivity index (χ0v) is 31.2. The smallest absolute Gasteiger partial charge is 0.303 e. The molecule has 0 bridgehead atoms. The van der Waals surface area contributed by atoms with E-state index in [0.29, 0.717) is 12.8 Å². The third-order valence-corrected chi connectivity index (χ3v) is 9.00. The van der Waals surface area contributed by atoms with Gasteiger partial charge in [0.25, 0.3) is 0 Å². The van der Waals surface area contributed by atoms with E-state index in [-0.39, 0.29) is 0 Å². The average Bonchev–Trinajstić information content (AvgIpc) is 3.03. The second-order valence-electron chi connectivity index (χ2n) is 13.7. The number of rotatable bonds is 35. The first-order valence-electron chi connectivity index (χ1n) is 20.2. The minimum absolute atomic E-state index is 0.332. The molecule has 0 saturated carbocycles. The highest BCUT2D eigenvalue weighted by Crippen LogP contribution is 2.23. The van der Waals surface area contributed by atoms with Gasteiger partial charge < -0.3 is 10.2 Å². The predicted molar refractivity (Wildman–Crippen MR) is 202 cm³/mol. The lowest BCUT2D eigenvalue weighted by Crippen LogP contribution is -2.02. The van der Waals surface area contributed by atoms with Crippen molar-refractivity contribution < 1.29 is 19.8 Å². The van der Waals surface area contributed by atoms with Crippen LogP contribution in [0.3, 0.4) is 0 Å². The van der Waals surface area contributed by atoms with Crippen molar-refractivity contribution in [1.29, 1.82) is 0 Å². The van der Waals surface area contributed by atoms with Crippen molar-refractivity contribution in [3.8, 4) is 0 Å². The number of allylic oxidation sites excluding steroid dienone is 4. The van der Waals surface area contributed by atoms with Gasteiger partial charge in [0.1, 0.15) is 0 Å². The Morgan fingerprint density at radius 1 is 0.391 bits per heavy atom. The lowest BCUT2D eigenvalue weighted by atomic mass is 9.90. The largest absolute Gasteiger partial charge is 0.481 e. The van der Waals surface area contributed by atoms with Crippen LogP contribution < -0.4 is 0 Å². The van der Waals surface area contributed by atoms with Gasteiger partial charge in [-0.25, -0.2) is 0 Å². The van der Waals surface area contributed by atoms with Gasteiger partial charge in [0, 0.05) is 12.8 Å². The maximum absolute atomic E-state index is 10.6. The van der Waals surface area contributed by atoms with Crippen LogP contribution in [0.5, 0.6) is 0 Å². The molecule has 46 heavy (non-hydrogen) atoms. The maximum Gasteiger partial charge on any atom is 0.303 e. The van der Waals surface area contributed by atoms with E-state index >= 15 is 0 Å². The Balaban J connectivity index is 0. The van der Waals surface area contributed by atoms with E-state index in [4.69, 9.17) is 10.2 Å². The molecule has 4 heteroatoms. The van der Waals surface area contributed by atoms with Gasteiger partial charge in [0.05, 0.1) is 0 Å². The predicted octanol–water partition coefficient (Wildman–Crippen LogP) is 14.4. The molecular formula is C42H80O4. The lowest BCUT2D eigenvalue weighted by Gasteiger charge is -2.16. The maximum atomic E-state index is 10.6. The van der Waals surface area contributed by atoms with Crippen LogP contribution in [-0.2, 0) is 9.59 Å². The molecule has 1 atom stereocenters. The minimum Gasteiger partial charge on any atom is -0.481 e. The summed E-state index contributed by atoms with van der Waals surface area (Å²) < 4.78 is 0. The third kappa shape index (κ3) is 44.5. The zero-order valence-electron chi connectivity index (χ0n) is 31.2. The molecule has 0 amide bonds. The average molecular weight is 649 g/mol. The van der Waals surface area contributed by atoms with Crippen molar-refractivity contribution >= 4 is 11.9 Å². The fourth-order valence-electron chi connectivity index (χ4n) is 5.96. The van der Waals surface area contributed by atoms with Crippen molar-refractivity contribution in [2.24, 2.45) is 5.92 Å². The summed E-state index contributed by atoms with van der Waals surface area (Å²) in [6.45, 7) is 6.79. The molecule has 1 unspecified atom stereocenters. The summed E-state index contributed by atoms with van der Waals surface area (Å²) in [5, 5.41) is 17.3. The second-order valence-corrected chi connectivity index (χ2v) is 13.7. The van der Waals surface area contributed by atoms with Crippen molar-refractivity contribution in [2.45, 2.75) is 226 Å². The Morgan fingerprint density at radius 2 is 0.696 bits per heavy atom. The molecule has 0 aromatic carbocycles. The quantitative estimate of drug-likeness (QED) is 0.0529. The van der Waals surface area contributed by atoms with Crippen LogP contribution in [0.15, 0.2) is 24.3 Å². The van der Waals surface area contributed by atoms with Crippen molar-refractivity contribution in [3.05, 3.63) is 24.3 Å². The molecule has 0 aliphatic rings. The third-order valence-electron chi connectivity index (χ3n) is 9.00. The minimum atomic E-state index is -0.664. The molecule has 0 spiro atoms. The topological polar surface area (TPSA) is 74.6 Å². The first-order chi connectivity index (χ1) is 22.5. The highest BCUT2D eigenvalue weighted by molar-refractivity contribution is 5.66. The molecule has 0 aliphatic carbocycles. The number of hydrogen-bond donors (Lipinski definition) is 2. The molecule has 4 nitrogen and oxygen atoms in total. The molecule has 2 N–H and O–H groups in total. The van der Waals surface area contributed by atoms with Gasteiger partial charge in [-0.3, -0.25) is 9.59 Å². The Labute approximate surface area is 287 Å². The normalized spacial score (nSPS) is 12.1. The summed E-state index contributed by atoms with van der Waals surface area (Å²) in [5.74, 6) is -0.524. The monoisotopic (exact) mass is 649 g/mol. The van der Waals surface area contributed by atoms with Gasteiger partial charge in [0.15, 0.2) is 0 Å². The Hall–Kier alpha value is -1.58. The molecule has 0 fully saturated rings. The van der Waals surface area contributed by atoms with Gasteiger partial charge in [-0.15, -0.1) is 0 Å². The van der Waals surface area contributed by atoms with E-state index in [2.05, 4.69) is 45.1 Å². The van der Waals surface area contributed by atoms with Crippen LogP contribution in [0.4, 0.5) is 0 Å². The first kappa shape index (κ1) is 46.5. The van der Waals surface area contributed by atoms with Gasteiger partial charge in [-0.2, -0.15) is 0 Å². The zero-order chi connectivity index (χ0) is 34.2. The lowest BCUT2D eigenvalue weighted by molar-refractivity contribution is -0.138. The van der Waals surface area contributed by atoms with Gasteiger partial charge in [0.2, 0.25) is 0 Å². The van der Waals surface area contributed by atoms with Crippen molar-refractivity contribution in [2.75, 3.05) is 0 Å². The van der Waals surface area contributed by atoms with E-state index in [1.807, 2.05) is 0 Å². The van der Waals surface area contributed by atoms with Crippen LogP contribution in [0, 0.1) is 5.92 Å². The van der Waals surface area contributed by atoms with Gasteiger partial charge in [-0.1, -0.05) is 173 Å². The SMILES string of the molecule is CCCCCCCCC=CCCC(CCCCCC)CCCCC(=O)O.CCCCCCCCC=CCCCCCCCC(=O)O. The van der Waals surface area contributed by atoms with Gasteiger partial charge >= 0.3 is 11.9 Å². The summed E-state index contributed by atoms with van der Waals surface area (Å²) in [6, 6.07) is 0. The summed E-state index contributed by atoms with van der Waals surface area (Å²) in [5.41, 5.74) is 0. The number of aliphatic carboxylic acids is 2. The summed E-state index contributed by atoms with van der Waals surface area (Å²) in [4.78, 5) is 21.0. The summed E-state index contributed by atoms with van der Waals surface area (Å²) >= 11 is 0. The number of carbonyl (C=O) groups is 2. The van der Waals surface area contributed by atoms with E-state index < -0.39 is 11.9 Å². The Morgan fingerprint density at radius 3 is 1.11 bits per heavy atom. The molecule has 0 saturated heterocycles. The molecular weight excluding hydrogens is 568 g/mol. The standard InChI is InChI=1S/C24H46O2.C18H34O2/c1-3-5-7-9-10-11-12-13-14-16-20-23(19-15-8-6-4-2)21-17-18-22-24(25)26;1-2-3-4-5-6-7-8-9-10-11-12-13-14-15-16-17-18(19)20/h13-14,23H,3-12,15-22H2,1-2H3,(H,25,26);9-10H,2-8,11-17H2,1H3,(H,19,20). The van der Waals surface area contributed by atoms with E-state index in [0.717, 1.165) is 31.6 Å². The van der Waals surface area contributed by atoms with E-state index in [1.54, 1.807) is 0 Å². The van der Waals surface area contributed by atoms with E-state index in [1.165, 1.54) is 167 Å². The fraction of sp³-hybridized carbons (Fsp3) is 0.857. The van der Waals surface area contributed by atoms with Crippen LogP contribution in [0.1, 0.15) is 226 Å². The summed E-state index contributed by atoms with van der Waals surface area (Å²) in [6.07, 6.45) is 48.1. The molecule has 0 aliphatic heterocycles. The van der Waals surface area contributed by atoms with Crippen LogP contribution >= 0.6 is 0 Å². The first-order valence-corrected chi connectivity index (χ1v) is 20.2.